The van der Waals surface area contributed by atoms with E-state index >= 15 is 0 Å². The van der Waals surface area contributed by atoms with Crippen molar-refractivity contribution < 1.29 is 32.9 Å². The van der Waals surface area contributed by atoms with Gasteiger partial charge in [0.25, 0.3) is 0 Å². The van der Waals surface area contributed by atoms with Gasteiger partial charge in [0.2, 0.25) is 0 Å². The van der Waals surface area contributed by atoms with Crippen LogP contribution in [0.5, 0.6) is 11.5 Å². The van der Waals surface area contributed by atoms with Gasteiger partial charge in [-0.1, -0.05) is 13.8 Å². The van der Waals surface area contributed by atoms with Gasteiger partial charge < -0.3 is 28.1 Å². The van der Waals surface area contributed by atoms with Crippen molar-refractivity contribution in [3.05, 3.63) is 23.5 Å². The van der Waals surface area contributed by atoms with Gasteiger partial charge in [0.15, 0.2) is 17.3 Å². The van der Waals surface area contributed by atoms with Gasteiger partial charge in [-0.25, -0.2) is 0 Å². The predicted octanol–water partition coefficient (Wildman–Crippen LogP) is 3.41. The first-order valence-electron chi connectivity index (χ1n) is 10.1. The third-order valence-corrected chi connectivity index (χ3v) is 5.10. The van der Waals surface area contributed by atoms with Gasteiger partial charge in [-0.15, -0.1) is 0 Å². The maximum atomic E-state index is 12.8. The lowest BCUT2D eigenvalue weighted by atomic mass is 9.76. The van der Waals surface area contributed by atoms with Crippen LogP contribution in [0.15, 0.2) is 16.5 Å². The van der Waals surface area contributed by atoms with Crippen molar-refractivity contribution in [1.29, 1.82) is 0 Å². The number of ketones is 1. The fourth-order valence-electron chi connectivity index (χ4n) is 3.79. The SMILES string of the molecule is CC1(C)CC(=O)c2c(oc3cc4c(cc23)OCCOCCOCCOCCO4)C1. The van der Waals surface area contributed by atoms with E-state index in [1.165, 1.54) is 0 Å². The van der Waals surface area contributed by atoms with Gasteiger partial charge in [-0.05, 0) is 11.5 Å². The van der Waals surface area contributed by atoms with E-state index in [1.807, 2.05) is 12.1 Å². The lowest BCUT2D eigenvalue weighted by Crippen LogP contribution is -2.25. The highest BCUT2D eigenvalue weighted by atomic mass is 16.6. The van der Waals surface area contributed by atoms with Crippen LogP contribution in [-0.4, -0.2) is 58.6 Å². The van der Waals surface area contributed by atoms with Gasteiger partial charge in [-0.3, -0.25) is 4.79 Å². The Morgan fingerprint density at radius 2 is 1.31 bits per heavy atom. The van der Waals surface area contributed by atoms with Gasteiger partial charge in [0.1, 0.15) is 24.6 Å². The van der Waals surface area contributed by atoms with Crippen LogP contribution in [0.4, 0.5) is 0 Å². The molecule has 1 aromatic carbocycles. The number of furan rings is 1. The minimum Gasteiger partial charge on any atom is -0.487 e. The minimum atomic E-state index is -0.0972. The summed E-state index contributed by atoms with van der Waals surface area (Å²) < 4.78 is 34.3. The molecule has 2 heterocycles. The molecule has 0 bridgehead atoms. The molecule has 7 heteroatoms. The van der Waals surface area contributed by atoms with E-state index in [9.17, 15) is 4.79 Å². The Hall–Kier alpha value is -2.09. The van der Waals surface area contributed by atoms with E-state index in [1.54, 1.807) is 0 Å². The number of hydrogen-bond acceptors (Lipinski definition) is 7. The summed E-state index contributed by atoms with van der Waals surface area (Å²) in [5.41, 5.74) is 1.23. The van der Waals surface area contributed by atoms with Gasteiger partial charge in [0.05, 0.1) is 45.2 Å². The Kier molecular flexibility index (Phi) is 6.08. The van der Waals surface area contributed by atoms with Crippen LogP contribution in [0.3, 0.4) is 0 Å². The number of ether oxygens (including phenoxy) is 5. The van der Waals surface area contributed by atoms with Crippen molar-refractivity contribution >= 4 is 16.8 Å². The summed E-state index contributed by atoms with van der Waals surface area (Å²) in [5.74, 6) is 2.02. The summed E-state index contributed by atoms with van der Waals surface area (Å²) in [6.07, 6.45) is 1.25. The molecule has 2 aromatic rings. The molecule has 1 aliphatic heterocycles. The minimum absolute atomic E-state index is 0.0972. The molecule has 0 amide bonds. The van der Waals surface area contributed by atoms with Crippen molar-refractivity contribution in [3.8, 4) is 11.5 Å². The quantitative estimate of drug-likeness (QED) is 0.666. The zero-order valence-electron chi connectivity index (χ0n) is 17.1. The maximum Gasteiger partial charge on any atom is 0.167 e. The van der Waals surface area contributed by atoms with E-state index in [2.05, 4.69) is 13.8 Å². The molecule has 0 N–H and O–H groups in total. The van der Waals surface area contributed by atoms with Crippen molar-refractivity contribution in [1.82, 2.24) is 0 Å². The number of carbonyl (C=O) groups excluding carboxylic acids is 1. The van der Waals surface area contributed by atoms with Gasteiger partial charge in [-0.2, -0.15) is 0 Å². The molecule has 1 aliphatic carbocycles. The molecule has 4 rings (SSSR count). The zero-order chi connectivity index (χ0) is 20.3. The van der Waals surface area contributed by atoms with Crippen molar-refractivity contribution in [3.63, 3.8) is 0 Å². The summed E-state index contributed by atoms with van der Waals surface area (Å²) in [6.45, 7) is 7.88. The van der Waals surface area contributed by atoms with E-state index in [4.69, 9.17) is 28.1 Å². The second kappa shape index (κ2) is 8.73. The second-order valence-corrected chi connectivity index (χ2v) is 8.17. The highest BCUT2D eigenvalue weighted by Gasteiger charge is 2.35. The van der Waals surface area contributed by atoms with Crippen LogP contribution in [-0.2, 0) is 20.6 Å². The molecule has 0 radical (unpaired) electrons. The van der Waals surface area contributed by atoms with Gasteiger partial charge >= 0.3 is 0 Å². The first kappa shape index (κ1) is 20.2. The largest absolute Gasteiger partial charge is 0.487 e. The molecule has 0 unspecified atom stereocenters. The second-order valence-electron chi connectivity index (χ2n) is 8.17. The lowest BCUT2D eigenvalue weighted by Gasteiger charge is -2.27. The summed E-state index contributed by atoms with van der Waals surface area (Å²) in [4.78, 5) is 12.8. The molecular weight excluding hydrogens is 376 g/mol. The third kappa shape index (κ3) is 4.74. The summed E-state index contributed by atoms with van der Waals surface area (Å²) >= 11 is 0. The van der Waals surface area contributed by atoms with Crippen LogP contribution in [0.2, 0.25) is 0 Å². The van der Waals surface area contributed by atoms with Crippen LogP contribution in [0, 0.1) is 5.41 Å². The average Bonchev–Trinajstić information content (AvgIpc) is 2.99. The molecule has 1 aromatic heterocycles. The van der Waals surface area contributed by atoms with Crippen LogP contribution in [0.1, 0.15) is 36.4 Å². The molecular formula is C22H28O7. The summed E-state index contributed by atoms with van der Waals surface area (Å²) in [5, 5.41) is 0.784. The molecule has 0 saturated heterocycles. The first-order chi connectivity index (χ1) is 14.0. The molecule has 0 saturated carbocycles. The number of fused-ring (bicyclic) bond motifs is 4. The summed E-state index contributed by atoms with van der Waals surface area (Å²) in [7, 11) is 0. The van der Waals surface area contributed by atoms with Crippen LogP contribution >= 0.6 is 0 Å². The number of rotatable bonds is 0. The Morgan fingerprint density at radius 3 is 1.93 bits per heavy atom. The average molecular weight is 404 g/mol. The fourth-order valence-corrected chi connectivity index (χ4v) is 3.79. The topological polar surface area (TPSA) is 76.4 Å². The Labute approximate surface area is 170 Å². The number of hydrogen-bond donors (Lipinski definition) is 0. The molecule has 29 heavy (non-hydrogen) atoms. The highest BCUT2D eigenvalue weighted by Crippen LogP contribution is 2.43. The predicted molar refractivity (Wildman–Crippen MR) is 106 cm³/mol. The molecule has 0 spiro atoms. The third-order valence-electron chi connectivity index (χ3n) is 5.10. The van der Waals surface area contributed by atoms with Crippen molar-refractivity contribution in [2.75, 3.05) is 52.9 Å². The van der Waals surface area contributed by atoms with E-state index in [0.29, 0.717) is 81.9 Å². The van der Waals surface area contributed by atoms with Crippen molar-refractivity contribution in [2.45, 2.75) is 26.7 Å². The van der Waals surface area contributed by atoms with Crippen LogP contribution in [0.25, 0.3) is 11.0 Å². The molecule has 7 nitrogen and oxygen atoms in total. The Morgan fingerprint density at radius 1 is 0.759 bits per heavy atom. The number of benzene rings is 1. The molecule has 158 valence electrons. The standard InChI is InChI=1S/C22H28O7/c1-22(2)13-16(23)21-15-11-18-19(12-17(15)29-20(21)14-22)28-10-8-26-6-4-24-3-5-25-7-9-27-18/h11-12H,3-10,13-14H2,1-2H3. The van der Waals surface area contributed by atoms with Crippen LogP contribution < -0.4 is 9.47 Å². The Balaban J connectivity index is 1.63. The van der Waals surface area contributed by atoms with Gasteiger partial charge in [0, 0.05) is 24.3 Å². The number of Topliss-reactive ketones (excluding diaryl/α,β-unsaturated/α-hetero) is 1. The maximum absolute atomic E-state index is 12.8. The first-order valence-corrected chi connectivity index (χ1v) is 10.1. The zero-order valence-corrected chi connectivity index (χ0v) is 17.1. The monoisotopic (exact) mass is 404 g/mol. The summed E-state index contributed by atoms with van der Waals surface area (Å²) in [6, 6.07) is 3.66. The number of carbonyl (C=O) groups is 1. The molecule has 2 aliphatic rings. The lowest BCUT2D eigenvalue weighted by molar-refractivity contribution is 0.00708. The van der Waals surface area contributed by atoms with E-state index in [-0.39, 0.29) is 11.2 Å². The van der Waals surface area contributed by atoms with Crippen molar-refractivity contribution in [2.24, 2.45) is 5.41 Å². The smallest absolute Gasteiger partial charge is 0.167 e. The fraction of sp³-hybridized carbons (Fsp3) is 0.591. The van der Waals surface area contributed by atoms with E-state index in [0.717, 1.165) is 17.6 Å². The molecule has 0 atom stereocenters. The van der Waals surface area contributed by atoms with E-state index < -0.39 is 0 Å². The normalized spacial score (nSPS) is 21.2. The molecule has 0 fully saturated rings. The highest BCUT2D eigenvalue weighted by molar-refractivity contribution is 6.10. The Bertz CT molecular complexity index is 868.